The molecule has 0 aliphatic carbocycles. The molecule has 168 valence electrons. The number of benzene rings is 2. The number of hydrogen-bond donors (Lipinski definition) is 0. The SMILES string of the molecule is O=C(c1cnn2c(C(F)F)cc(-c3ccccc3)nc12)N1CCN(c2ccc(F)cc2)CC1. The molecule has 6 nitrogen and oxygen atoms in total. The van der Waals surface area contributed by atoms with Crippen LogP contribution in [0.15, 0.2) is 66.9 Å². The van der Waals surface area contributed by atoms with Gasteiger partial charge in [0.05, 0.1) is 11.9 Å². The Morgan fingerprint density at radius 3 is 2.30 bits per heavy atom. The van der Waals surface area contributed by atoms with Crippen LogP contribution >= 0.6 is 0 Å². The van der Waals surface area contributed by atoms with Gasteiger partial charge in [-0.15, -0.1) is 0 Å². The summed E-state index contributed by atoms with van der Waals surface area (Å²) in [6.45, 7) is 2.02. The van der Waals surface area contributed by atoms with Gasteiger partial charge in [0.1, 0.15) is 17.1 Å². The Kier molecular flexibility index (Phi) is 5.45. The molecule has 0 N–H and O–H groups in total. The molecular formula is C24H20F3N5O. The summed E-state index contributed by atoms with van der Waals surface area (Å²) < 4.78 is 41.8. The lowest BCUT2D eigenvalue weighted by Crippen LogP contribution is -2.48. The van der Waals surface area contributed by atoms with E-state index in [1.54, 1.807) is 41.3 Å². The van der Waals surface area contributed by atoms with Gasteiger partial charge in [-0.3, -0.25) is 4.79 Å². The van der Waals surface area contributed by atoms with Gasteiger partial charge in [0, 0.05) is 37.4 Å². The molecule has 9 heteroatoms. The van der Waals surface area contributed by atoms with Gasteiger partial charge in [-0.1, -0.05) is 30.3 Å². The van der Waals surface area contributed by atoms with Gasteiger partial charge in [-0.2, -0.15) is 5.10 Å². The zero-order chi connectivity index (χ0) is 22.9. The van der Waals surface area contributed by atoms with Crippen molar-refractivity contribution < 1.29 is 18.0 Å². The first kappa shape index (κ1) is 21.0. The molecule has 33 heavy (non-hydrogen) atoms. The van der Waals surface area contributed by atoms with Gasteiger partial charge in [0.2, 0.25) is 0 Å². The summed E-state index contributed by atoms with van der Waals surface area (Å²) >= 11 is 0. The van der Waals surface area contributed by atoms with E-state index in [9.17, 15) is 18.0 Å². The number of rotatable bonds is 4. The molecular weight excluding hydrogens is 431 g/mol. The molecule has 0 unspecified atom stereocenters. The summed E-state index contributed by atoms with van der Waals surface area (Å²) in [5, 5.41) is 4.04. The molecule has 1 aliphatic rings. The number of amides is 1. The number of nitrogens with zero attached hydrogens (tertiary/aromatic N) is 5. The number of fused-ring (bicyclic) bond motifs is 1. The second-order valence-corrected chi connectivity index (χ2v) is 7.78. The maximum absolute atomic E-state index is 13.8. The summed E-state index contributed by atoms with van der Waals surface area (Å²) in [5.41, 5.74) is 1.89. The van der Waals surface area contributed by atoms with Crippen LogP contribution in [0.25, 0.3) is 16.9 Å². The normalized spacial score (nSPS) is 14.3. The van der Waals surface area contributed by atoms with Crippen LogP contribution in [-0.4, -0.2) is 51.6 Å². The van der Waals surface area contributed by atoms with Crippen molar-refractivity contribution in [1.29, 1.82) is 0 Å². The van der Waals surface area contributed by atoms with E-state index in [1.807, 2.05) is 6.07 Å². The molecule has 2 aromatic heterocycles. The number of aromatic nitrogens is 3. The highest BCUT2D eigenvalue weighted by Gasteiger charge is 2.27. The molecule has 0 radical (unpaired) electrons. The van der Waals surface area contributed by atoms with Crippen molar-refractivity contribution in [3.63, 3.8) is 0 Å². The summed E-state index contributed by atoms with van der Waals surface area (Å²) in [5.74, 6) is -0.604. The van der Waals surface area contributed by atoms with Crippen LogP contribution in [0, 0.1) is 5.82 Å². The Morgan fingerprint density at radius 1 is 0.939 bits per heavy atom. The van der Waals surface area contributed by atoms with Crippen LogP contribution in [0.4, 0.5) is 18.9 Å². The van der Waals surface area contributed by atoms with Gasteiger partial charge in [0.25, 0.3) is 12.3 Å². The Morgan fingerprint density at radius 2 is 1.64 bits per heavy atom. The predicted molar refractivity (Wildman–Crippen MR) is 118 cm³/mol. The van der Waals surface area contributed by atoms with E-state index in [0.29, 0.717) is 37.4 Å². The van der Waals surface area contributed by atoms with Crippen molar-refractivity contribution in [2.24, 2.45) is 0 Å². The van der Waals surface area contributed by atoms with Crippen molar-refractivity contribution in [1.82, 2.24) is 19.5 Å². The lowest BCUT2D eigenvalue weighted by Gasteiger charge is -2.36. The number of alkyl halides is 2. The Hall–Kier alpha value is -3.88. The number of carbonyl (C=O) groups excluding carboxylic acids is 1. The van der Waals surface area contributed by atoms with Crippen molar-refractivity contribution >= 4 is 17.2 Å². The monoisotopic (exact) mass is 451 g/mol. The average molecular weight is 451 g/mol. The van der Waals surface area contributed by atoms with Crippen LogP contribution in [0.3, 0.4) is 0 Å². The molecule has 0 bridgehead atoms. The van der Waals surface area contributed by atoms with Crippen molar-refractivity contribution in [3.8, 4) is 11.3 Å². The Balaban J connectivity index is 1.43. The molecule has 0 saturated carbocycles. The summed E-state index contributed by atoms with van der Waals surface area (Å²) in [4.78, 5) is 21.5. The quantitative estimate of drug-likeness (QED) is 0.461. The molecule has 2 aromatic carbocycles. The van der Waals surface area contributed by atoms with Crippen molar-refractivity contribution in [2.75, 3.05) is 31.1 Å². The predicted octanol–water partition coefficient (Wildman–Crippen LogP) is 4.44. The van der Waals surface area contributed by atoms with E-state index in [2.05, 4.69) is 15.0 Å². The van der Waals surface area contributed by atoms with Crippen LogP contribution in [0.5, 0.6) is 0 Å². The second-order valence-electron chi connectivity index (χ2n) is 7.78. The molecule has 1 aliphatic heterocycles. The van der Waals surface area contributed by atoms with Crippen molar-refractivity contribution in [3.05, 3.63) is 83.9 Å². The zero-order valence-electron chi connectivity index (χ0n) is 17.5. The van der Waals surface area contributed by atoms with Gasteiger partial charge < -0.3 is 9.80 Å². The highest BCUT2D eigenvalue weighted by molar-refractivity contribution is 6.00. The number of hydrogen-bond acceptors (Lipinski definition) is 4. The minimum absolute atomic E-state index is 0.109. The Bertz CT molecular complexity index is 1280. The van der Waals surface area contributed by atoms with E-state index in [-0.39, 0.29) is 28.6 Å². The fraction of sp³-hybridized carbons (Fsp3) is 0.208. The van der Waals surface area contributed by atoms with Crippen molar-refractivity contribution in [2.45, 2.75) is 6.43 Å². The van der Waals surface area contributed by atoms with Gasteiger partial charge >= 0.3 is 0 Å². The molecule has 1 fully saturated rings. The Labute approximate surface area is 187 Å². The van der Waals surface area contributed by atoms with E-state index in [0.717, 1.165) is 10.2 Å². The number of carbonyl (C=O) groups is 1. The molecule has 5 rings (SSSR count). The van der Waals surface area contributed by atoms with Gasteiger partial charge in [0.15, 0.2) is 5.65 Å². The van der Waals surface area contributed by atoms with Gasteiger partial charge in [-0.25, -0.2) is 22.7 Å². The molecule has 1 saturated heterocycles. The fourth-order valence-electron chi connectivity index (χ4n) is 4.04. The number of piperazine rings is 1. The maximum atomic E-state index is 13.8. The summed E-state index contributed by atoms with van der Waals surface area (Å²) in [6.07, 6.45) is -1.47. The molecule has 1 amide bonds. The first-order valence-electron chi connectivity index (χ1n) is 10.5. The smallest absolute Gasteiger partial charge is 0.280 e. The first-order chi connectivity index (χ1) is 16.0. The van der Waals surface area contributed by atoms with E-state index < -0.39 is 6.43 Å². The molecule has 0 spiro atoms. The summed E-state index contributed by atoms with van der Waals surface area (Å²) in [7, 11) is 0. The molecule has 3 heterocycles. The lowest BCUT2D eigenvalue weighted by atomic mass is 10.1. The third kappa shape index (κ3) is 4.02. The van der Waals surface area contributed by atoms with Crippen LogP contribution in [0.2, 0.25) is 0 Å². The molecule has 0 atom stereocenters. The standard InChI is InChI=1S/C24H20F3N5O/c25-17-6-8-18(9-7-17)30-10-12-31(13-11-30)24(33)19-15-28-32-21(22(26)27)14-20(29-23(19)32)16-4-2-1-3-5-16/h1-9,14-15,22H,10-13H2. The minimum Gasteiger partial charge on any atom is -0.368 e. The minimum atomic E-state index is -2.78. The topological polar surface area (TPSA) is 53.7 Å². The van der Waals surface area contributed by atoms with E-state index in [4.69, 9.17) is 0 Å². The van der Waals surface area contributed by atoms with Gasteiger partial charge in [-0.05, 0) is 30.3 Å². The lowest BCUT2D eigenvalue weighted by molar-refractivity contribution is 0.0748. The first-order valence-corrected chi connectivity index (χ1v) is 10.5. The zero-order valence-corrected chi connectivity index (χ0v) is 17.5. The average Bonchev–Trinajstić information content (AvgIpc) is 3.28. The third-order valence-corrected chi connectivity index (χ3v) is 5.78. The number of halogens is 3. The largest absolute Gasteiger partial charge is 0.368 e. The fourth-order valence-corrected chi connectivity index (χ4v) is 4.04. The van der Waals surface area contributed by atoms with Crippen LogP contribution in [-0.2, 0) is 0 Å². The second kappa shape index (κ2) is 8.57. The number of anilines is 1. The molecule has 4 aromatic rings. The van der Waals surface area contributed by atoms with Crippen LogP contribution < -0.4 is 4.90 Å². The summed E-state index contributed by atoms with van der Waals surface area (Å²) in [6, 6.07) is 16.5. The van der Waals surface area contributed by atoms with E-state index in [1.165, 1.54) is 24.4 Å². The highest BCUT2D eigenvalue weighted by atomic mass is 19.3. The van der Waals surface area contributed by atoms with Crippen LogP contribution in [0.1, 0.15) is 22.5 Å². The third-order valence-electron chi connectivity index (χ3n) is 5.78. The maximum Gasteiger partial charge on any atom is 0.280 e. The highest BCUT2D eigenvalue weighted by Crippen LogP contribution is 2.27. The van der Waals surface area contributed by atoms with E-state index >= 15 is 0 Å².